The molecule has 8 heteroatoms. The van der Waals surface area contributed by atoms with E-state index < -0.39 is 0 Å². The third-order valence-corrected chi connectivity index (χ3v) is 6.11. The zero-order valence-corrected chi connectivity index (χ0v) is 18.6. The smallest absolute Gasteiger partial charge is 0.262 e. The maximum absolute atomic E-state index is 13.1. The number of halogens is 1. The van der Waals surface area contributed by atoms with Crippen LogP contribution in [-0.2, 0) is 11.3 Å². The second-order valence-electron chi connectivity index (χ2n) is 7.16. The molecule has 0 saturated carbocycles. The molecule has 1 amide bonds. The predicted octanol–water partition coefficient (Wildman–Crippen LogP) is 5.04. The normalized spacial score (nSPS) is 11.1. The van der Waals surface area contributed by atoms with Gasteiger partial charge < -0.3 is 9.73 Å². The van der Waals surface area contributed by atoms with Crippen molar-refractivity contribution in [3.8, 4) is 0 Å². The van der Waals surface area contributed by atoms with Crippen molar-refractivity contribution in [2.24, 2.45) is 0 Å². The van der Waals surface area contributed by atoms with Crippen LogP contribution in [0.4, 0.5) is 5.69 Å². The average molecular weight is 454 g/mol. The monoisotopic (exact) mass is 453 g/mol. The van der Waals surface area contributed by atoms with Gasteiger partial charge in [0, 0.05) is 10.7 Å². The second-order valence-corrected chi connectivity index (χ2v) is 8.54. The second kappa shape index (κ2) is 8.99. The number of nitrogens with one attached hydrogen (secondary N) is 1. The van der Waals surface area contributed by atoms with E-state index >= 15 is 0 Å². The fourth-order valence-electron chi connectivity index (χ4n) is 3.13. The van der Waals surface area contributed by atoms with Crippen molar-refractivity contribution >= 4 is 45.9 Å². The SMILES string of the molecule is Cc1ccc(NC(=O)CSc2nc3cc(Cl)ccc3c(=O)n2Cc2ccco2)cc1C. The minimum Gasteiger partial charge on any atom is -0.467 e. The Balaban J connectivity index is 1.61. The molecule has 0 radical (unpaired) electrons. The Bertz CT molecular complexity index is 1320. The van der Waals surface area contributed by atoms with Gasteiger partial charge in [0.15, 0.2) is 5.16 Å². The molecule has 0 saturated heterocycles. The Labute approximate surface area is 188 Å². The number of thioether (sulfide) groups is 1. The Kier molecular flexibility index (Phi) is 6.15. The molecular formula is C23H20ClN3O3S. The summed E-state index contributed by atoms with van der Waals surface area (Å²) in [5.41, 5.74) is 3.28. The number of carbonyl (C=O) groups excluding carboxylic acids is 1. The van der Waals surface area contributed by atoms with Crippen LogP contribution in [-0.4, -0.2) is 21.2 Å². The van der Waals surface area contributed by atoms with Gasteiger partial charge in [0.25, 0.3) is 5.56 Å². The number of aromatic nitrogens is 2. The number of nitrogens with zero attached hydrogens (tertiary/aromatic N) is 2. The van der Waals surface area contributed by atoms with E-state index in [1.165, 1.54) is 16.3 Å². The van der Waals surface area contributed by atoms with E-state index in [9.17, 15) is 9.59 Å². The first-order chi connectivity index (χ1) is 14.9. The van der Waals surface area contributed by atoms with Crippen LogP contribution in [0.15, 0.2) is 69.2 Å². The molecule has 0 spiro atoms. The third kappa shape index (κ3) is 4.84. The van der Waals surface area contributed by atoms with Crippen molar-refractivity contribution in [2.75, 3.05) is 11.1 Å². The number of amides is 1. The highest BCUT2D eigenvalue weighted by molar-refractivity contribution is 7.99. The standard InChI is InChI=1S/C23H20ClN3O3S/c1-14-5-7-17(10-15(14)2)25-21(28)13-31-23-26-20-11-16(24)6-8-19(20)22(29)27(23)12-18-4-3-9-30-18/h3-11H,12-13H2,1-2H3,(H,25,28). The highest BCUT2D eigenvalue weighted by Crippen LogP contribution is 2.22. The van der Waals surface area contributed by atoms with Crippen molar-refractivity contribution in [1.29, 1.82) is 0 Å². The van der Waals surface area contributed by atoms with E-state index in [2.05, 4.69) is 10.3 Å². The van der Waals surface area contributed by atoms with Crippen LogP contribution in [0.3, 0.4) is 0 Å². The number of carbonyl (C=O) groups is 1. The Morgan fingerprint density at radius 1 is 1.16 bits per heavy atom. The molecule has 0 aliphatic carbocycles. The summed E-state index contributed by atoms with van der Waals surface area (Å²) >= 11 is 7.28. The van der Waals surface area contributed by atoms with Crippen LogP contribution in [0.1, 0.15) is 16.9 Å². The number of rotatable bonds is 6. The molecule has 31 heavy (non-hydrogen) atoms. The van der Waals surface area contributed by atoms with Crippen LogP contribution < -0.4 is 10.9 Å². The molecule has 0 aliphatic rings. The Morgan fingerprint density at radius 2 is 2.00 bits per heavy atom. The van der Waals surface area contributed by atoms with Crippen LogP contribution >= 0.6 is 23.4 Å². The third-order valence-electron chi connectivity index (χ3n) is 4.90. The zero-order chi connectivity index (χ0) is 22.0. The molecule has 6 nitrogen and oxygen atoms in total. The summed E-state index contributed by atoms with van der Waals surface area (Å²) in [5.74, 6) is 0.542. The van der Waals surface area contributed by atoms with Gasteiger partial charge in [-0.15, -0.1) is 0 Å². The molecule has 0 fully saturated rings. The van der Waals surface area contributed by atoms with Crippen molar-refractivity contribution < 1.29 is 9.21 Å². The summed E-state index contributed by atoms with van der Waals surface area (Å²) in [4.78, 5) is 30.2. The van der Waals surface area contributed by atoms with E-state index in [4.69, 9.17) is 16.0 Å². The minimum atomic E-state index is -0.213. The maximum atomic E-state index is 13.1. The van der Waals surface area contributed by atoms with E-state index in [-0.39, 0.29) is 23.8 Å². The topological polar surface area (TPSA) is 77.1 Å². The van der Waals surface area contributed by atoms with E-state index in [1.54, 1.807) is 36.6 Å². The van der Waals surface area contributed by atoms with Gasteiger partial charge in [0.2, 0.25) is 5.91 Å². The van der Waals surface area contributed by atoms with Crippen LogP contribution in [0.25, 0.3) is 10.9 Å². The maximum Gasteiger partial charge on any atom is 0.262 e. The highest BCUT2D eigenvalue weighted by Gasteiger charge is 2.15. The average Bonchev–Trinajstić information content (AvgIpc) is 3.24. The lowest BCUT2D eigenvalue weighted by atomic mass is 10.1. The minimum absolute atomic E-state index is 0.101. The Hall–Kier alpha value is -3.03. The van der Waals surface area contributed by atoms with Gasteiger partial charge in [-0.25, -0.2) is 4.98 Å². The van der Waals surface area contributed by atoms with Crippen molar-refractivity contribution in [1.82, 2.24) is 9.55 Å². The van der Waals surface area contributed by atoms with Gasteiger partial charge in [-0.3, -0.25) is 14.2 Å². The molecular weight excluding hydrogens is 434 g/mol. The number of hydrogen-bond donors (Lipinski definition) is 1. The lowest BCUT2D eigenvalue weighted by Gasteiger charge is -2.12. The fraction of sp³-hybridized carbons (Fsp3) is 0.174. The molecule has 1 N–H and O–H groups in total. The van der Waals surface area contributed by atoms with E-state index in [0.29, 0.717) is 26.8 Å². The van der Waals surface area contributed by atoms with Crippen molar-refractivity contribution in [2.45, 2.75) is 25.5 Å². The van der Waals surface area contributed by atoms with Crippen molar-refractivity contribution in [3.05, 3.63) is 87.1 Å². The first-order valence-corrected chi connectivity index (χ1v) is 11.0. The van der Waals surface area contributed by atoms with Gasteiger partial charge in [0.05, 0.1) is 29.5 Å². The molecule has 158 valence electrons. The zero-order valence-electron chi connectivity index (χ0n) is 17.0. The number of fused-ring (bicyclic) bond motifs is 1. The summed E-state index contributed by atoms with van der Waals surface area (Å²) in [6.45, 7) is 4.24. The number of aryl methyl sites for hydroxylation is 2. The first-order valence-electron chi connectivity index (χ1n) is 9.63. The quantitative estimate of drug-likeness (QED) is 0.327. The molecule has 0 unspecified atom stereocenters. The number of furan rings is 1. The lowest BCUT2D eigenvalue weighted by Crippen LogP contribution is -2.24. The van der Waals surface area contributed by atoms with Gasteiger partial charge in [-0.1, -0.05) is 29.4 Å². The summed E-state index contributed by atoms with van der Waals surface area (Å²) in [5, 5.41) is 4.26. The van der Waals surface area contributed by atoms with Gasteiger partial charge in [-0.05, 0) is 67.4 Å². The fourth-order valence-corrected chi connectivity index (χ4v) is 4.09. The van der Waals surface area contributed by atoms with Crippen molar-refractivity contribution in [3.63, 3.8) is 0 Å². The van der Waals surface area contributed by atoms with Crippen LogP contribution in [0, 0.1) is 13.8 Å². The lowest BCUT2D eigenvalue weighted by molar-refractivity contribution is -0.113. The molecule has 0 aliphatic heterocycles. The van der Waals surface area contributed by atoms with Gasteiger partial charge in [0.1, 0.15) is 5.76 Å². The number of anilines is 1. The summed E-state index contributed by atoms with van der Waals surface area (Å²) in [6.07, 6.45) is 1.55. The van der Waals surface area contributed by atoms with Gasteiger partial charge in [-0.2, -0.15) is 0 Å². The van der Waals surface area contributed by atoms with E-state index in [1.807, 2.05) is 32.0 Å². The molecule has 2 aromatic carbocycles. The predicted molar refractivity (Wildman–Crippen MR) is 124 cm³/mol. The molecule has 0 atom stereocenters. The largest absolute Gasteiger partial charge is 0.467 e. The summed E-state index contributed by atoms with van der Waals surface area (Å²) < 4.78 is 6.92. The molecule has 4 aromatic rings. The Morgan fingerprint density at radius 3 is 2.74 bits per heavy atom. The summed E-state index contributed by atoms with van der Waals surface area (Å²) in [7, 11) is 0. The molecule has 4 rings (SSSR count). The molecule has 2 heterocycles. The van der Waals surface area contributed by atoms with Crippen LogP contribution in [0.5, 0.6) is 0 Å². The number of benzene rings is 2. The van der Waals surface area contributed by atoms with Gasteiger partial charge >= 0.3 is 0 Å². The first kappa shape index (κ1) is 21.2. The summed E-state index contributed by atoms with van der Waals surface area (Å²) in [6, 6.07) is 14.3. The van der Waals surface area contributed by atoms with Crippen LogP contribution in [0.2, 0.25) is 5.02 Å². The highest BCUT2D eigenvalue weighted by atomic mass is 35.5. The molecule has 0 bridgehead atoms. The number of hydrogen-bond acceptors (Lipinski definition) is 5. The molecule has 2 aromatic heterocycles. The van der Waals surface area contributed by atoms with E-state index in [0.717, 1.165) is 16.8 Å².